The summed E-state index contributed by atoms with van der Waals surface area (Å²) in [6.07, 6.45) is 0. The third-order valence-corrected chi connectivity index (χ3v) is 2.94. The van der Waals surface area contributed by atoms with Gasteiger partial charge in [-0.15, -0.1) is 0 Å². The van der Waals surface area contributed by atoms with E-state index in [-0.39, 0.29) is 0 Å². The molecule has 5 nitrogen and oxygen atoms in total. The largest absolute Gasteiger partial charge is 0.486 e. The van der Waals surface area contributed by atoms with Gasteiger partial charge in [0, 0.05) is 6.54 Å². The van der Waals surface area contributed by atoms with E-state index in [1.54, 1.807) is 12.1 Å². The van der Waals surface area contributed by atoms with Crippen molar-refractivity contribution in [3.8, 4) is 17.6 Å². The first kappa shape index (κ1) is 12.3. The molecule has 0 radical (unpaired) electrons. The van der Waals surface area contributed by atoms with Crippen LogP contribution in [0.1, 0.15) is 11.3 Å². The monoisotopic (exact) mass is 267 g/mol. The minimum atomic E-state index is 0.400. The maximum Gasteiger partial charge on any atom is 0.161 e. The molecule has 0 saturated heterocycles. The molecule has 0 unspecified atom stereocenters. The van der Waals surface area contributed by atoms with Crippen LogP contribution in [0.2, 0.25) is 0 Å². The fourth-order valence-corrected chi connectivity index (χ4v) is 1.99. The summed E-state index contributed by atoms with van der Waals surface area (Å²) in [5.74, 6) is 2.23. The topological polar surface area (TPSA) is 67.2 Å². The van der Waals surface area contributed by atoms with Crippen molar-refractivity contribution < 1.29 is 9.47 Å². The predicted molar refractivity (Wildman–Crippen MR) is 73.7 cm³/mol. The van der Waals surface area contributed by atoms with Crippen molar-refractivity contribution in [2.45, 2.75) is 6.54 Å². The highest BCUT2D eigenvalue weighted by Gasteiger charge is 2.11. The van der Waals surface area contributed by atoms with Gasteiger partial charge in [-0.2, -0.15) is 5.26 Å². The number of hydrogen-bond donors (Lipinski definition) is 1. The van der Waals surface area contributed by atoms with E-state index in [1.165, 1.54) is 0 Å². The Bertz CT molecular complexity index is 664. The first-order valence-corrected chi connectivity index (χ1v) is 6.35. The highest BCUT2D eigenvalue weighted by atomic mass is 16.6. The molecule has 1 aliphatic heterocycles. The smallest absolute Gasteiger partial charge is 0.161 e. The van der Waals surface area contributed by atoms with Crippen molar-refractivity contribution in [3.05, 3.63) is 47.7 Å². The van der Waals surface area contributed by atoms with Crippen LogP contribution in [-0.4, -0.2) is 18.2 Å². The average molecular weight is 267 g/mol. The molecule has 0 spiro atoms. The summed E-state index contributed by atoms with van der Waals surface area (Å²) in [4.78, 5) is 4.17. The van der Waals surface area contributed by atoms with Gasteiger partial charge in [0.2, 0.25) is 0 Å². The molecular weight excluding hydrogens is 254 g/mol. The first-order chi connectivity index (χ1) is 9.85. The highest BCUT2D eigenvalue weighted by Crippen LogP contribution is 2.30. The van der Waals surface area contributed by atoms with Crippen LogP contribution in [0.4, 0.5) is 5.82 Å². The molecular formula is C15H13N3O2. The number of hydrogen-bond acceptors (Lipinski definition) is 5. The number of anilines is 1. The molecule has 1 N–H and O–H groups in total. The van der Waals surface area contributed by atoms with Crippen molar-refractivity contribution in [2.24, 2.45) is 0 Å². The minimum Gasteiger partial charge on any atom is -0.486 e. The van der Waals surface area contributed by atoms with Gasteiger partial charge in [-0.1, -0.05) is 12.1 Å². The van der Waals surface area contributed by atoms with Gasteiger partial charge in [0.15, 0.2) is 11.5 Å². The van der Waals surface area contributed by atoms with Crippen LogP contribution >= 0.6 is 0 Å². The third-order valence-electron chi connectivity index (χ3n) is 2.94. The summed E-state index contributed by atoms with van der Waals surface area (Å²) in [6, 6.07) is 13.2. The fraction of sp³-hybridized carbons (Fsp3) is 0.200. The van der Waals surface area contributed by atoms with Gasteiger partial charge >= 0.3 is 0 Å². The minimum absolute atomic E-state index is 0.400. The number of fused-ring (bicyclic) bond motifs is 1. The Morgan fingerprint density at radius 2 is 2.00 bits per heavy atom. The molecule has 0 bridgehead atoms. The Morgan fingerprint density at radius 1 is 1.15 bits per heavy atom. The third kappa shape index (κ3) is 2.64. The van der Waals surface area contributed by atoms with Gasteiger partial charge in [0.25, 0.3) is 0 Å². The van der Waals surface area contributed by atoms with Crippen LogP contribution in [0, 0.1) is 11.3 Å². The van der Waals surface area contributed by atoms with E-state index in [1.807, 2.05) is 30.3 Å². The lowest BCUT2D eigenvalue weighted by Crippen LogP contribution is -2.15. The van der Waals surface area contributed by atoms with E-state index in [2.05, 4.69) is 10.3 Å². The van der Waals surface area contributed by atoms with Crippen molar-refractivity contribution in [1.29, 1.82) is 5.26 Å². The molecule has 0 amide bonds. The van der Waals surface area contributed by atoms with Gasteiger partial charge in [-0.3, -0.25) is 0 Å². The second-order valence-corrected chi connectivity index (χ2v) is 4.35. The Balaban J connectivity index is 1.70. The number of ether oxygens (including phenoxy) is 2. The lowest BCUT2D eigenvalue weighted by molar-refractivity contribution is 0.171. The Kier molecular flexibility index (Phi) is 3.38. The fourth-order valence-electron chi connectivity index (χ4n) is 1.99. The highest BCUT2D eigenvalue weighted by molar-refractivity contribution is 5.45. The molecule has 2 aromatic rings. The molecule has 0 saturated carbocycles. The zero-order chi connectivity index (χ0) is 13.8. The summed E-state index contributed by atoms with van der Waals surface area (Å²) < 4.78 is 11.0. The van der Waals surface area contributed by atoms with Gasteiger partial charge in [-0.05, 0) is 29.8 Å². The molecule has 0 atom stereocenters. The van der Waals surface area contributed by atoms with E-state index in [0.717, 1.165) is 17.1 Å². The second kappa shape index (κ2) is 5.49. The molecule has 100 valence electrons. The van der Waals surface area contributed by atoms with Gasteiger partial charge in [0.1, 0.15) is 30.8 Å². The molecule has 0 aliphatic carbocycles. The summed E-state index contributed by atoms with van der Waals surface area (Å²) in [7, 11) is 0. The summed E-state index contributed by atoms with van der Waals surface area (Å²) in [5.41, 5.74) is 1.47. The van der Waals surface area contributed by atoms with Crippen molar-refractivity contribution >= 4 is 5.82 Å². The second-order valence-electron chi connectivity index (χ2n) is 4.35. The van der Waals surface area contributed by atoms with Crippen LogP contribution in [0.25, 0.3) is 0 Å². The quantitative estimate of drug-likeness (QED) is 0.924. The number of nitrogens with zero attached hydrogens (tertiary/aromatic N) is 2. The van der Waals surface area contributed by atoms with Gasteiger partial charge in [-0.25, -0.2) is 4.98 Å². The van der Waals surface area contributed by atoms with Crippen molar-refractivity contribution in [2.75, 3.05) is 18.5 Å². The van der Waals surface area contributed by atoms with Crippen LogP contribution in [0.3, 0.4) is 0 Å². The Morgan fingerprint density at radius 3 is 2.85 bits per heavy atom. The SMILES string of the molecule is N#Cc1cccc(NCc2ccc3c(c2)OCCO3)n1. The lowest BCUT2D eigenvalue weighted by Gasteiger charge is -2.19. The average Bonchev–Trinajstić information content (AvgIpc) is 2.53. The summed E-state index contributed by atoms with van der Waals surface area (Å²) >= 11 is 0. The lowest BCUT2D eigenvalue weighted by atomic mass is 10.2. The van der Waals surface area contributed by atoms with Crippen LogP contribution in [-0.2, 0) is 6.54 Å². The van der Waals surface area contributed by atoms with Gasteiger partial charge in [0.05, 0.1) is 0 Å². The zero-order valence-electron chi connectivity index (χ0n) is 10.8. The molecule has 1 aliphatic rings. The number of aromatic nitrogens is 1. The normalized spacial score (nSPS) is 12.6. The predicted octanol–water partition coefficient (Wildman–Crippen LogP) is 2.34. The van der Waals surface area contributed by atoms with E-state index >= 15 is 0 Å². The van der Waals surface area contributed by atoms with Crippen LogP contribution in [0.5, 0.6) is 11.5 Å². The number of nitriles is 1. The van der Waals surface area contributed by atoms with Crippen LogP contribution in [0.15, 0.2) is 36.4 Å². The maximum absolute atomic E-state index is 8.81. The van der Waals surface area contributed by atoms with Crippen molar-refractivity contribution in [3.63, 3.8) is 0 Å². The summed E-state index contributed by atoms with van der Waals surface area (Å²) in [6.45, 7) is 1.78. The molecule has 20 heavy (non-hydrogen) atoms. The molecule has 1 aromatic carbocycles. The molecule has 5 heteroatoms. The summed E-state index contributed by atoms with van der Waals surface area (Å²) in [5, 5.41) is 12.0. The molecule has 0 fully saturated rings. The van der Waals surface area contributed by atoms with E-state index in [0.29, 0.717) is 31.3 Å². The van der Waals surface area contributed by atoms with E-state index < -0.39 is 0 Å². The molecule has 2 heterocycles. The standard InChI is InChI=1S/C15H13N3O2/c16-9-12-2-1-3-15(18-12)17-10-11-4-5-13-14(8-11)20-7-6-19-13/h1-5,8H,6-7,10H2,(H,17,18). The van der Waals surface area contributed by atoms with Crippen molar-refractivity contribution in [1.82, 2.24) is 4.98 Å². The molecule has 1 aromatic heterocycles. The van der Waals surface area contributed by atoms with E-state index in [4.69, 9.17) is 14.7 Å². The van der Waals surface area contributed by atoms with Gasteiger partial charge < -0.3 is 14.8 Å². The first-order valence-electron chi connectivity index (χ1n) is 6.35. The number of rotatable bonds is 3. The Hall–Kier alpha value is -2.74. The molecule has 3 rings (SSSR count). The number of benzene rings is 1. The number of pyridine rings is 1. The zero-order valence-corrected chi connectivity index (χ0v) is 10.8. The van der Waals surface area contributed by atoms with E-state index in [9.17, 15) is 0 Å². The van der Waals surface area contributed by atoms with Crippen LogP contribution < -0.4 is 14.8 Å². The Labute approximate surface area is 116 Å². The maximum atomic E-state index is 8.81. The number of nitrogens with one attached hydrogen (secondary N) is 1.